The van der Waals surface area contributed by atoms with Crippen LogP contribution in [0.4, 0.5) is 5.69 Å². The molecule has 0 aliphatic rings. The molecule has 5 nitrogen and oxygen atoms in total. The van der Waals surface area contributed by atoms with Gasteiger partial charge in [-0.25, -0.2) is 4.98 Å². The van der Waals surface area contributed by atoms with Crippen LogP contribution < -0.4 is 10.1 Å². The lowest BCUT2D eigenvalue weighted by Gasteiger charge is -2.07. The number of ether oxygens (including phenoxy) is 1. The molecule has 1 N–H and O–H groups in total. The van der Waals surface area contributed by atoms with E-state index in [1.165, 1.54) is 0 Å². The fourth-order valence-corrected chi connectivity index (χ4v) is 2.45. The predicted molar refractivity (Wildman–Crippen MR) is 92.4 cm³/mol. The van der Waals surface area contributed by atoms with Crippen LogP contribution in [0.5, 0.6) is 5.75 Å². The fraction of sp³-hybridized carbons (Fsp3) is 0.158. The third-order valence-corrected chi connectivity index (χ3v) is 3.67. The molecule has 0 aliphatic heterocycles. The van der Waals surface area contributed by atoms with Crippen molar-refractivity contribution >= 4 is 11.6 Å². The summed E-state index contributed by atoms with van der Waals surface area (Å²) in [5.74, 6) is 1.97. The van der Waals surface area contributed by atoms with E-state index in [9.17, 15) is 4.79 Å². The summed E-state index contributed by atoms with van der Waals surface area (Å²) in [4.78, 5) is 16.6. The van der Waals surface area contributed by atoms with E-state index in [4.69, 9.17) is 9.15 Å². The predicted octanol–water partition coefficient (Wildman–Crippen LogP) is 4.22. The van der Waals surface area contributed by atoms with Crippen molar-refractivity contribution in [2.45, 2.75) is 13.8 Å². The highest BCUT2D eigenvalue weighted by Crippen LogP contribution is 2.24. The Hall–Kier alpha value is -3.08. The first-order chi connectivity index (χ1) is 11.6. The summed E-state index contributed by atoms with van der Waals surface area (Å²) in [5, 5.41) is 2.87. The monoisotopic (exact) mass is 322 g/mol. The molecule has 0 spiro atoms. The van der Waals surface area contributed by atoms with Crippen LogP contribution in [-0.2, 0) is 0 Å². The number of carbonyl (C=O) groups excluding carboxylic acids is 1. The molecule has 1 amide bonds. The molecule has 5 heteroatoms. The highest BCUT2D eigenvalue weighted by molar-refractivity contribution is 6.04. The summed E-state index contributed by atoms with van der Waals surface area (Å²) in [5.41, 5.74) is 3.06. The molecule has 0 bridgehead atoms. The van der Waals surface area contributed by atoms with Gasteiger partial charge in [-0.05, 0) is 43.3 Å². The Balaban J connectivity index is 1.73. The molecule has 0 fully saturated rings. The molecule has 0 radical (unpaired) electrons. The van der Waals surface area contributed by atoms with Crippen molar-refractivity contribution < 1.29 is 13.9 Å². The quantitative estimate of drug-likeness (QED) is 0.781. The fourth-order valence-electron chi connectivity index (χ4n) is 2.45. The second kappa shape index (κ2) is 6.58. The van der Waals surface area contributed by atoms with Gasteiger partial charge in [0.25, 0.3) is 5.91 Å². The lowest BCUT2D eigenvalue weighted by atomic mass is 10.1. The van der Waals surface area contributed by atoms with E-state index in [0.29, 0.717) is 17.2 Å². The molecule has 24 heavy (non-hydrogen) atoms. The first-order valence-electron chi connectivity index (χ1n) is 7.56. The van der Waals surface area contributed by atoms with Gasteiger partial charge in [0.15, 0.2) is 5.89 Å². The van der Waals surface area contributed by atoms with Crippen LogP contribution in [-0.4, -0.2) is 18.0 Å². The van der Waals surface area contributed by atoms with Crippen molar-refractivity contribution in [3.63, 3.8) is 0 Å². The van der Waals surface area contributed by atoms with Crippen molar-refractivity contribution in [1.82, 2.24) is 4.98 Å². The van der Waals surface area contributed by atoms with Gasteiger partial charge in [-0.3, -0.25) is 4.79 Å². The molecule has 0 atom stereocenters. The summed E-state index contributed by atoms with van der Waals surface area (Å²) < 4.78 is 10.5. The van der Waals surface area contributed by atoms with Crippen LogP contribution in [0.3, 0.4) is 0 Å². The number of hydrogen-bond acceptors (Lipinski definition) is 4. The first kappa shape index (κ1) is 15.8. The number of hydrogen-bond donors (Lipinski definition) is 1. The number of carbonyl (C=O) groups is 1. The SMILES string of the molecule is COc1ccc(C(=O)Nc2ccc(-c3nc(C)oc3C)cc2)cc1. The number of amides is 1. The third kappa shape index (κ3) is 3.30. The van der Waals surface area contributed by atoms with Gasteiger partial charge < -0.3 is 14.5 Å². The highest BCUT2D eigenvalue weighted by Gasteiger charge is 2.10. The number of nitrogens with zero attached hydrogens (tertiary/aromatic N) is 1. The normalized spacial score (nSPS) is 10.5. The maximum absolute atomic E-state index is 12.2. The van der Waals surface area contributed by atoms with Gasteiger partial charge in [-0.15, -0.1) is 0 Å². The zero-order chi connectivity index (χ0) is 17.1. The number of benzene rings is 2. The zero-order valence-corrected chi connectivity index (χ0v) is 13.8. The zero-order valence-electron chi connectivity index (χ0n) is 13.8. The average Bonchev–Trinajstić information content (AvgIpc) is 2.94. The molecule has 1 heterocycles. The van der Waals surface area contributed by atoms with Gasteiger partial charge >= 0.3 is 0 Å². The van der Waals surface area contributed by atoms with E-state index in [2.05, 4.69) is 10.3 Å². The maximum atomic E-state index is 12.2. The molecule has 122 valence electrons. The van der Waals surface area contributed by atoms with Crippen LogP contribution in [0.25, 0.3) is 11.3 Å². The summed E-state index contributed by atoms with van der Waals surface area (Å²) in [6.07, 6.45) is 0. The largest absolute Gasteiger partial charge is 0.497 e. The molecule has 3 rings (SSSR count). The molecular weight excluding hydrogens is 304 g/mol. The number of methoxy groups -OCH3 is 1. The molecule has 0 unspecified atom stereocenters. The highest BCUT2D eigenvalue weighted by atomic mass is 16.5. The topological polar surface area (TPSA) is 64.4 Å². The van der Waals surface area contributed by atoms with E-state index in [0.717, 1.165) is 22.7 Å². The van der Waals surface area contributed by atoms with Gasteiger partial charge in [0, 0.05) is 23.7 Å². The minimum absolute atomic E-state index is 0.168. The molecule has 0 aliphatic carbocycles. The lowest BCUT2D eigenvalue weighted by Crippen LogP contribution is -2.11. The number of aryl methyl sites for hydroxylation is 2. The Morgan fingerprint density at radius 2 is 1.71 bits per heavy atom. The Morgan fingerprint density at radius 3 is 2.25 bits per heavy atom. The van der Waals surface area contributed by atoms with Crippen molar-refractivity contribution in [3.05, 3.63) is 65.7 Å². The van der Waals surface area contributed by atoms with Crippen molar-refractivity contribution in [3.8, 4) is 17.0 Å². The van der Waals surface area contributed by atoms with E-state index in [1.54, 1.807) is 31.4 Å². The van der Waals surface area contributed by atoms with Crippen molar-refractivity contribution in [2.24, 2.45) is 0 Å². The van der Waals surface area contributed by atoms with Gasteiger partial charge in [0.2, 0.25) is 0 Å². The summed E-state index contributed by atoms with van der Waals surface area (Å²) in [7, 11) is 1.59. The van der Waals surface area contributed by atoms with Gasteiger partial charge in [0.1, 0.15) is 17.2 Å². The van der Waals surface area contributed by atoms with Crippen LogP contribution in [0.15, 0.2) is 52.9 Å². The molecule has 0 saturated carbocycles. The van der Waals surface area contributed by atoms with Crippen LogP contribution in [0.1, 0.15) is 22.0 Å². The van der Waals surface area contributed by atoms with Crippen molar-refractivity contribution in [2.75, 3.05) is 12.4 Å². The Kier molecular flexibility index (Phi) is 4.33. The van der Waals surface area contributed by atoms with Gasteiger partial charge in [0.05, 0.1) is 7.11 Å². The molecular formula is C19H18N2O3. The molecule has 2 aromatic carbocycles. The van der Waals surface area contributed by atoms with Crippen LogP contribution >= 0.6 is 0 Å². The Bertz CT molecular complexity index is 849. The summed E-state index contributed by atoms with van der Waals surface area (Å²) in [6, 6.07) is 14.5. The van der Waals surface area contributed by atoms with Crippen LogP contribution in [0, 0.1) is 13.8 Å². The lowest BCUT2D eigenvalue weighted by molar-refractivity contribution is 0.102. The number of oxazole rings is 1. The van der Waals surface area contributed by atoms with Crippen molar-refractivity contribution in [1.29, 1.82) is 0 Å². The first-order valence-corrected chi connectivity index (χ1v) is 7.56. The third-order valence-electron chi connectivity index (χ3n) is 3.67. The summed E-state index contributed by atoms with van der Waals surface area (Å²) in [6.45, 7) is 3.70. The molecule has 1 aromatic heterocycles. The minimum Gasteiger partial charge on any atom is -0.497 e. The average molecular weight is 322 g/mol. The Labute approximate surface area is 140 Å². The maximum Gasteiger partial charge on any atom is 0.255 e. The van der Waals surface area contributed by atoms with Crippen LogP contribution in [0.2, 0.25) is 0 Å². The molecule has 3 aromatic rings. The number of nitrogens with one attached hydrogen (secondary N) is 1. The number of aromatic nitrogens is 1. The Morgan fingerprint density at radius 1 is 1.04 bits per heavy atom. The van der Waals surface area contributed by atoms with Gasteiger partial charge in [-0.1, -0.05) is 12.1 Å². The molecule has 0 saturated heterocycles. The second-order valence-electron chi connectivity index (χ2n) is 5.40. The van der Waals surface area contributed by atoms with E-state index >= 15 is 0 Å². The number of anilines is 1. The smallest absolute Gasteiger partial charge is 0.255 e. The van der Waals surface area contributed by atoms with E-state index in [1.807, 2.05) is 38.1 Å². The standard InChI is InChI=1S/C19H18N2O3/c1-12-18(20-13(2)24-12)14-4-8-16(9-5-14)21-19(22)15-6-10-17(23-3)11-7-15/h4-11H,1-3H3,(H,21,22). The van der Waals surface area contributed by atoms with E-state index in [-0.39, 0.29) is 5.91 Å². The summed E-state index contributed by atoms with van der Waals surface area (Å²) >= 11 is 0. The minimum atomic E-state index is -0.168. The second-order valence-corrected chi connectivity index (χ2v) is 5.40. The van der Waals surface area contributed by atoms with E-state index < -0.39 is 0 Å². The number of rotatable bonds is 4. The van der Waals surface area contributed by atoms with Gasteiger partial charge in [-0.2, -0.15) is 0 Å².